The summed E-state index contributed by atoms with van der Waals surface area (Å²) in [5, 5.41) is 0.945. The van der Waals surface area contributed by atoms with Gasteiger partial charge in [-0.25, -0.2) is 9.97 Å². The fraction of sp³-hybridized carbons (Fsp3) is 0.176. The summed E-state index contributed by atoms with van der Waals surface area (Å²) in [6, 6.07) is 14.2. The van der Waals surface area contributed by atoms with Crippen LogP contribution in [0.3, 0.4) is 0 Å². The first-order chi connectivity index (χ1) is 9.74. The van der Waals surface area contributed by atoms with E-state index in [9.17, 15) is 0 Å². The zero-order valence-electron chi connectivity index (χ0n) is 11.6. The fourth-order valence-electron chi connectivity index (χ4n) is 2.20. The molecule has 0 amide bonds. The Labute approximate surface area is 118 Å². The minimum atomic E-state index is 0.522. The van der Waals surface area contributed by atoms with Gasteiger partial charge in [0.1, 0.15) is 12.9 Å². The van der Waals surface area contributed by atoms with E-state index in [-0.39, 0.29) is 0 Å². The topological polar surface area (TPSA) is 35.0 Å². The molecule has 0 spiro atoms. The van der Waals surface area contributed by atoms with Crippen LogP contribution in [-0.4, -0.2) is 9.97 Å². The lowest BCUT2D eigenvalue weighted by molar-refractivity contribution is 0.297. The van der Waals surface area contributed by atoms with Crippen molar-refractivity contribution in [2.75, 3.05) is 0 Å². The number of ether oxygens (including phenoxy) is 1. The zero-order chi connectivity index (χ0) is 13.9. The van der Waals surface area contributed by atoms with Crippen LogP contribution in [0.5, 0.6) is 5.88 Å². The summed E-state index contributed by atoms with van der Waals surface area (Å²) in [6.07, 6.45) is 1.54. The van der Waals surface area contributed by atoms with E-state index < -0.39 is 0 Å². The number of fused-ring (bicyclic) bond motifs is 1. The van der Waals surface area contributed by atoms with Crippen molar-refractivity contribution in [3.8, 4) is 5.88 Å². The number of hydrogen-bond acceptors (Lipinski definition) is 3. The number of para-hydroxylation sites is 1. The number of rotatable bonds is 3. The first-order valence-electron chi connectivity index (χ1n) is 6.63. The van der Waals surface area contributed by atoms with E-state index in [1.807, 2.05) is 24.3 Å². The van der Waals surface area contributed by atoms with E-state index in [2.05, 4.69) is 42.0 Å². The van der Waals surface area contributed by atoms with Gasteiger partial charge in [0.05, 0.1) is 10.9 Å². The van der Waals surface area contributed by atoms with Gasteiger partial charge in [0.25, 0.3) is 0 Å². The van der Waals surface area contributed by atoms with Gasteiger partial charge in [-0.3, -0.25) is 0 Å². The Morgan fingerprint density at radius 2 is 1.85 bits per heavy atom. The third kappa shape index (κ3) is 2.48. The maximum Gasteiger partial charge on any atom is 0.224 e. The van der Waals surface area contributed by atoms with Crippen molar-refractivity contribution in [1.82, 2.24) is 9.97 Å². The second kappa shape index (κ2) is 5.29. The number of benzene rings is 2. The molecule has 0 saturated carbocycles. The molecule has 20 heavy (non-hydrogen) atoms. The largest absolute Gasteiger partial charge is 0.472 e. The van der Waals surface area contributed by atoms with E-state index in [4.69, 9.17) is 4.74 Å². The molecule has 0 unspecified atom stereocenters. The molecule has 0 aliphatic carbocycles. The van der Waals surface area contributed by atoms with Crippen LogP contribution in [0.4, 0.5) is 0 Å². The average Bonchev–Trinajstić information content (AvgIpc) is 2.48. The molecule has 0 N–H and O–H groups in total. The van der Waals surface area contributed by atoms with Gasteiger partial charge in [0.2, 0.25) is 5.88 Å². The summed E-state index contributed by atoms with van der Waals surface area (Å²) in [7, 11) is 0. The van der Waals surface area contributed by atoms with Crippen molar-refractivity contribution in [1.29, 1.82) is 0 Å². The van der Waals surface area contributed by atoms with Crippen LogP contribution in [0.25, 0.3) is 10.9 Å². The molecule has 0 atom stereocenters. The van der Waals surface area contributed by atoms with Crippen LogP contribution in [-0.2, 0) is 6.61 Å². The van der Waals surface area contributed by atoms with Crippen molar-refractivity contribution in [3.05, 3.63) is 65.5 Å². The van der Waals surface area contributed by atoms with Crippen LogP contribution in [0.15, 0.2) is 48.8 Å². The zero-order valence-corrected chi connectivity index (χ0v) is 11.6. The van der Waals surface area contributed by atoms with Gasteiger partial charge in [-0.1, -0.05) is 35.9 Å². The highest BCUT2D eigenvalue weighted by Crippen LogP contribution is 2.22. The standard InChI is InChI=1S/C17H16N2O/c1-12-7-8-13(2)14(9-12)10-20-17-15-5-3-4-6-16(15)18-11-19-17/h3-9,11H,10H2,1-2H3. The molecule has 0 aliphatic rings. The smallest absolute Gasteiger partial charge is 0.224 e. The number of aryl methyl sites for hydroxylation is 2. The highest BCUT2D eigenvalue weighted by molar-refractivity contribution is 5.82. The summed E-state index contributed by atoms with van der Waals surface area (Å²) in [6.45, 7) is 4.70. The lowest BCUT2D eigenvalue weighted by Gasteiger charge is -2.10. The highest BCUT2D eigenvalue weighted by atomic mass is 16.5. The molecule has 100 valence electrons. The molecular formula is C17H16N2O. The predicted octanol–water partition coefficient (Wildman–Crippen LogP) is 3.83. The van der Waals surface area contributed by atoms with Crippen molar-refractivity contribution in [2.24, 2.45) is 0 Å². The highest BCUT2D eigenvalue weighted by Gasteiger charge is 2.05. The van der Waals surface area contributed by atoms with E-state index in [1.54, 1.807) is 6.33 Å². The Hall–Kier alpha value is -2.42. The van der Waals surface area contributed by atoms with Crippen molar-refractivity contribution < 1.29 is 4.74 Å². The summed E-state index contributed by atoms with van der Waals surface area (Å²) in [5.41, 5.74) is 4.56. The third-order valence-electron chi connectivity index (χ3n) is 3.38. The lowest BCUT2D eigenvalue weighted by atomic mass is 10.1. The third-order valence-corrected chi connectivity index (χ3v) is 3.38. The second-order valence-corrected chi connectivity index (χ2v) is 4.91. The van der Waals surface area contributed by atoms with Crippen LogP contribution >= 0.6 is 0 Å². The normalized spacial score (nSPS) is 10.7. The molecule has 0 aliphatic heterocycles. The number of aromatic nitrogens is 2. The summed E-state index contributed by atoms with van der Waals surface area (Å²) in [5.74, 6) is 0.636. The first-order valence-corrected chi connectivity index (χ1v) is 6.63. The molecule has 3 nitrogen and oxygen atoms in total. The number of nitrogens with zero attached hydrogens (tertiary/aromatic N) is 2. The quantitative estimate of drug-likeness (QED) is 0.721. The van der Waals surface area contributed by atoms with Gasteiger partial charge in [-0.15, -0.1) is 0 Å². The van der Waals surface area contributed by atoms with E-state index >= 15 is 0 Å². The molecular weight excluding hydrogens is 248 g/mol. The molecule has 1 aromatic heterocycles. The average molecular weight is 264 g/mol. The Bertz CT molecular complexity index is 748. The van der Waals surface area contributed by atoms with Gasteiger partial charge in [-0.05, 0) is 37.1 Å². The molecule has 0 bridgehead atoms. The van der Waals surface area contributed by atoms with E-state index in [1.165, 1.54) is 16.7 Å². The summed E-state index contributed by atoms with van der Waals surface area (Å²) < 4.78 is 5.89. The fourth-order valence-corrected chi connectivity index (χ4v) is 2.20. The summed E-state index contributed by atoms with van der Waals surface area (Å²) >= 11 is 0. The molecule has 2 aromatic carbocycles. The van der Waals surface area contributed by atoms with E-state index in [0.717, 1.165) is 10.9 Å². The first kappa shape index (κ1) is 12.6. The van der Waals surface area contributed by atoms with Gasteiger partial charge >= 0.3 is 0 Å². The van der Waals surface area contributed by atoms with Crippen molar-refractivity contribution in [3.63, 3.8) is 0 Å². The minimum absolute atomic E-state index is 0.522. The molecule has 3 rings (SSSR count). The van der Waals surface area contributed by atoms with Gasteiger partial charge in [-0.2, -0.15) is 0 Å². The van der Waals surface area contributed by atoms with Crippen LogP contribution in [0.2, 0.25) is 0 Å². The van der Waals surface area contributed by atoms with Crippen LogP contribution < -0.4 is 4.74 Å². The molecule has 3 aromatic rings. The predicted molar refractivity (Wildman–Crippen MR) is 79.8 cm³/mol. The summed E-state index contributed by atoms with van der Waals surface area (Å²) in [4.78, 5) is 8.48. The Balaban J connectivity index is 1.89. The van der Waals surface area contributed by atoms with Crippen molar-refractivity contribution in [2.45, 2.75) is 20.5 Å². The Morgan fingerprint density at radius 1 is 1.00 bits per heavy atom. The van der Waals surface area contributed by atoms with Crippen LogP contribution in [0, 0.1) is 13.8 Å². The van der Waals surface area contributed by atoms with E-state index in [0.29, 0.717) is 12.5 Å². The van der Waals surface area contributed by atoms with Gasteiger partial charge in [0.15, 0.2) is 0 Å². The maximum atomic E-state index is 5.89. The van der Waals surface area contributed by atoms with Gasteiger partial charge < -0.3 is 4.74 Å². The lowest BCUT2D eigenvalue weighted by Crippen LogP contribution is -2.00. The monoisotopic (exact) mass is 264 g/mol. The SMILES string of the molecule is Cc1ccc(C)c(COc2ncnc3ccccc23)c1. The molecule has 3 heteroatoms. The van der Waals surface area contributed by atoms with Crippen LogP contribution in [0.1, 0.15) is 16.7 Å². The molecule has 0 radical (unpaired) electrons. The molecule has 0 saturated heterocycles. The maximum absolute atomic E-state index is 5.89. The number of hydrogen-bond donors (Lipinski definition) is 0. The second-order valence-electron chi connectivity index (χ2n) is 4.91. The Morgan fingerprint density at radius 3 is 2.75 bits per heavy atom. The Kier molecular flexibility index (Phi) is 3.33. The molecule has 0 fully saturated rings. The van der Waals surface area contributed by atoms with Crippen molar-refractivity contribution >= 4 is 10.9 Å². The minimum Gasteiger partial charge on any atom is -0.472 e. The molecule has 1 heterocycles. The van der Waals surface area contributed by atoms with Gasteiger partial charge in [0, 0.05) is 0 Å².